The maximum atomic E-state index is 12.8. The van der Waals surface area contributed by atoms with Gasteiger partial charge in [-0.25, -0.2) is 8.42 Å². The molecule has 7 heteroatoms. The van der Waals surface area contributed by atoms with Crippen LogP contribution < -0.4 is 5.32 Å². The van der Waals surface area contributed by atoms with Gasteiger partial charge in [0.05, 0.1) is 15.5 Å². The zero-order chi connectivity index (χ0) is 19.3. The number of benzene rings is 1. The van der Waals surface area contributed by atoms with Crippen molar-refractivity contribution in [2.75, 3.05) is 0 Å². The quantitative estimate of drug-likeness (QED) is 0.746. The van der Waals surface area contributed by atoms with Crippen molar-refractivity contribution in [1.82, 2.24) is 5.32 Å². The topological polar surface area (TPSA) is 63.2 Å². The molecule has 0 saturated heterocycles. The van der Waals surface area contributed by atoms with Gasteiger partial charge < -0.3 is 5.32 Å². The van der Waals surface area contributed by atoms with Crippen molar-refractivity contribution in [2.45, 2.75) is 49.8 Å². The van der Waals surface area contributed by atoms with Crippen LogP contribution >= 0.6 is 22.9 Å². The number of hydrogen-bond acceptors (Lipinski definition) is 4. The molecule has 1 aromatic heterocycles. The minimum absolute atomic E-state index is 0.0870. The lowest BCUT2D eigenvalue weighted by molar-refractivity contribution is 0.0895. The van der Waals surface area contributed by atoms with Gasteiger partial charge in [0, 0.05) is 21.5 Å². The highest BCUT2D eigenvalue weighted by Gasteiger charge is 2.32. The highest BCUT2D eigenvalue weighted by molar-refractivity contribution is 7.91. The summed E-state index contributed by atoms with van der Waals surface area (Å²) in [5.74, 6) is 0.854. The van der Waals surface area contributed by atoms with Crippen molar-refractivity contribution in [2.24, 2.45) is 11.8 Å². The van der Waals surface area contributed by atoms with E-state index in [0.29, 0.717) is 32.9 Å². The Morgan fingerprint density at radius 1 is 1.22 bits per heavy atom. The summed E-state index contributed by atoms with van der Waals surface area (Å²) in [7, 11) is -3.44. The fraction of sp³-hybridized carbons (Fsp3) is 0.450. The molecule has 2 aromatic rings. The molecular weight excluding hydrogens is 402 g/mol. The van der Waals surface area contributed by atoms with E-state index in [1.807, 2.05) is 0 Å². The number of carbonyl (C=O) groups is 1. The number of nitrogens with one attached hydrogen (secondary N) is 1. The number of sulfone groups is 1. The highest BCUT2D eigenvalue weighted by Crippen LogP contribution is 2.43. The molecule has 27 heavy (non-hydrogen) atoms. The Hall–Kier alpha value is -1.37. The number of rotatable bonds is 2. The molecule has 4 rings (SSSR count). The minimum atomic E-state index is -3.44. The summed E-state index contributed by atoms with van der Waals surface area (Å²) < 4.78 is 25.2. The third-order valence-corrected chi connectivity index (χ3v) is 9.07. The monoisotopic (exact) mass is 423 g/mol. The summed E-state index contributed by atoms with van der Waals surface area (Å²) in [6.07, 6.45) is 3.33. The largest absolute Gasteiger partial charge is 0.348 e. The first-order valence-electron chi connectivity index (χ1n) is 9.22. The lowest BCUT2D eigenvalue weighted by Gasteiger charge is -2.34. The van der Waals surface area contributed by atoms with Crippen LogP contribution in [-0.4, -0.2) is 20.4 Å². The van der Waals surface area contributed by atoms with Gasteiger partial charge in [0.1, 0.15) is 0 Å². The van der Waals surface area contributed by atoms with Gasteiger partial charge >= 0.3 is 0 Å². The predicted molar refractivity (Wildman–Crippen MR) is 109 cm³/mol. The van der Waals surface area contributed by atoms with Crippen molar-refractivity contribution in [1.29, 1.82) is 0 Å². The van der Waals surface area contributed by atoms with Gasteiger partial charge in [-0.05, 0) is 42.0 Å². The second-order valence-corrected chi connectivity index (χ2v) is 11.2. The van der Waals surface area contributed by atoms with Crippen LogP contribution in [0.2, 0.25) is 5.02 Å². The van der Waals surface area contributed by atoms with Gasteiger partial charge in [0.2, 0.25) is 0 Å². The molecule has 2 aliphatic rings. The second kappa shape index (κ2) is 6.90. The Bertz CT molecular complexity index is 1010. The molecule has 1 aromatic carbocycles. The van der Waals surface area contributed by atoms with E-state index in [0.717, 1.165) is 17.7 Å². The number of thiophene rings is 1. The van der Waals surface area contributed by atoms with Crippen molar-refractivity contribution in [3.8, 4) is 10.4 Å². The Balaban J connectivity index is 1.65. The molecular formula is C20H22ClNO3S2. The van der Waals surface area contributed by atoms with E-state index in [1.165, 1.54) is 23.8 Å². The van der Waals surface area contributed by atoms with E-state index >= 15 is 0 Å². The van der Waals surface area contributed by atoms with E-state index < -0.39 is 9.84 Å². The van der Waals surface area contributed by atoms with Crippen molar-refractivity contribution in [3.63, 3.8) is 0 Å². The predicted octanol–water partition coefficient (Wildman–Crippen LogP) is 4.91. The molecule has 1 saturated carbocycles. The summed E-state index contributed by atoms with van der Waals surface area (Å²) in [5, 5.41) is 3.58. The van der Waals surface area contributed by atoms with E-state index in [4.69, 9.17) is 11.6 Å². The number of carbonyl (C=O) groups excluding carboxylic acids is 1. The van der Waals surface area contributed by atoms with Gasteiger partial charge in [0.15, 0.2) is 9.84 Å². The number of hydrogen-bond donors (Lipinski definition) is 1. The van der Waals surface area contributed by atoms with Crippen LogP contribution in [0.1, 0.15) is 48.3 Å². The van der Waals surface area contributed by atoms with Crippen LogP contribution in [0.3, 0.4) is 0 Å². The van der Waals surface area contributed by atoms with Crippen molar-refractivity contribution >= 4 is 38.7 Å². The van der Waals surface area contributed by atoms with E-state index in [9.17, 15) is 13.2 Å². The number of halogens is 1. The summed E-state index contributed by atoms with van der Waals surface area (Å²) >= 11 is 7.36. The van der Waals surface area contributed by atoms with E-state index in [-0.39, 0.29) is 22.6 Å². The van der Waals surface area contributed by atoms with E-state index in [1.54, 1.807) is 18.2 Å². The molecule has 1 fully saturated rings. The average Bonchev–Trinajstić information content (AvgIpc) is 3.02. The first-order valence-corrected chi connectivity index (χ1v) is 12.1. The molecule has 0 spiro atoms. The molecule has 1 aliphatic carbocycles. The van der Waals surface area contributed by atoms with Crippen LogP contribution in [-0.2, 0) is 15.6 Å². The van der Waals surface area contributed by atoms with Gasteiger partial charge in [-0.2, -0.15) is 0 Å². The van der Waals surface area contributed by atoms with Crippen LogP contribution in [0.15, 0.2) is 29.2 Å². The van der Waals surface area contributed by atoms with Gasteiger partial charge in [-0.3, -0.25) is 4.79 Å². The second-order valence-electron chi connectivity index (χ2n) is 7.71. The fourth-order valence-corrected chi connectivity index (χ4v) is 7.24. The molecule has 0 unspecified atom stereocenters. The fourth-order valence-electron chi connectivity index (χ4n) is 4.12. The van der Waals surface area contributed by atoms with Crippen molar-refractivity contribution < 1.29 is 13.2 Å². The van der Waals surface area contributed by atoms with Crippen LogP contribution in [0, 0.1) is 11.8 Å². The van der Waals surface area contributed by atoms with E-state index in [2.05, 4.69) is 19.2 Å². The molecule has 1 N–H and O–H groups in total. The standard InChI is InChI=1S/C20H22ClNO3S2/c1-11-4-3-5-16(12(11)2)22-20(23)17-8-13-10-27(24,25)18-9-14(21)6-7-15(18)19(13)26-17/h6-9,11-12,16H,3-5,10H2,1-2H3,(H,22,23)/t11-,12+,16-/m1/s1. The molecule has 4 nitrogen and oxygen atoms in total. The SMILES string of the molecule is C[C@H]1[C@H](C)CCC[C@H]1NC(=O)c1cc2c(s1)-c1ccc(Cl)cc1S(=O)(=O)C2. The Labute approximate surface area is 168 Å². The lowest BCUT2D eigenvalue weighted by Crippen LogP contribution is -2.43. The van der Waals surface area contributed by atoms with Gasteiger partial charge in [-0.1, -0.05) is 44.4 Å². The summed E-state index contributed by atoms with van der Waals surface area (Å²) in [4.78, 5) is 14.5. The van der Waals surface area contributed by atoms with Crippen LogP contribution in [0.4, 0.5) is 0 Å². The zero-order valence-corrected chi connectivity index (χ0v) is 17.7. The number of fused-ring (bicyclic) bond motifs is 3. The Morgan fingerprint density at radius 3 is 2.78 bits per heavy atom. The third kappa shape index (κ3) is 3.43. The highest BCUT2D eigenvalue weighted by atomic mass is 35.5. The summed E-state index contributed by atoms with van der Waals surface area (Å²) in [6.45, 7) is 4.43. The van der Waals surface area contributed by atoms with Crippen LogP contribution in [0.25, 0.3) is 10.4 Å². The summed E-state index contributed by atoms with van der Waals surface area (Å²) in [6, 6.07) is 6.84. The Kier molecular flexibility index (Phi) is 4.85. The zero-order valence-electron chi connectivity index (χ0n) is 15.3. The smallest absolute Gasteiger partial charge is 0.261 e. The average molecular weight is 424 g/mol. The molecule has 0 bridgehead atoms. The molecule has 1 amide bonds. The molecule has 3 atom stereocenters. The number of amides is 1. The summed E-state index contributed by atoms with van der Waals surface area (Å²) in [5.41, 5.74) is 1.34. The van der Waals surface area contributed by atoms with Crippen molar-refractivity contribution in [3.05, 3.63) is 39.7 Å². The molecule has 144 valence electrons. The maximum Gasteiger partial charge on any atom is 0.261 e. The third-order valence-electron chi connectivity index (χ3n) is 5.92. The van der Waals surface area contributed by atoms with Crippen LogP contribution in [0.5, 0.6) is 0 Å². The molecule has 2 heterocycles. The molecule has 1 aliphatic heterocycles. The lowest BCUT2D eigenvalue weighted by atomic mass is 9.78. The first-order chi connectivity index (χ1) is 12.8. The van der Waals surface area contributed by atoms with Gasteiger partial charge in [-0.15, -0.1) is 11.3 Å². The minimum Gasteiger partial charge on any atom is -0.348 e. The first kappa shape index (κ1) is 19.0. The maximum absolute atomic E-state index is 12.8. The van der Waals surface area contributed by atoms with Gasteiger partial charge in [0.25, 0.3) is 5.91 Å². The molecule has 0 radical (unpaired) electrons. The normalized spacial score (nSPS) is 26.1. The Morgan fingerprint density at radius 2 is 2.00 bits per heavy atom.